The molecule has 5 atom stereocenters. The van der Waals surface area contributed by atoms with E-state index < -0.39 is 54.4 Å². The van der Waals surface area contributed by atoms with Crippen molar-refractivity contribution in [3.05, 3.63) is 12.2 Å². The normalized spacial score (nSPS) is 27.2. The van der Waals surface area contributed by atoms with Crippen molar-refractivity contribution in [2.75, 3.05) is 6.61 Å². The molecule has 0 amide bonds. The maximum absolute atomic E-state index is 11.7. The van der Waals surface area contributed by atoms with Gasteiger partial charge in [-0.3, -0.25) is 19.2 Å². The highest BCUT2D eigenvalue weighted by atomic mass is 16.7. The molecule has 1 saturated heterocycles. The van der Waals surface area contributed by atoms with Crippen molar-refractivity contribution in [3.63, 3.8) is 0 Å². The lowest BCUT2D eigenvalue weighted by Crippen LogP contribution is -2.59. The van der Waals surface area contributed by atoms with Gasteiger partial charge < -0.3 is 23.7 Å². The molecule has 0 bridgehead atoms. The molecule has 0 aromatic carbocycles. The SMILES string of the molecule is C=C(C)C[C@H]1[C@H](OC(C)=O)O[C@H](COC(C)=O)[C@H](OC(C)=O)[C@@H]1OC(C)=O. The molecule has 0 aromatic rings. The van der Waals surface area contributed by atoms with Gasteiger partial charge in [0.2, 0.25) is 6.29 Å². The third-order valence-electron chi connectivity index (χ3n) is 3.69. The second-order valence-corrected chi connectivity index (χ2v) is 6.43. The van der Waals surface area contributed by atoms with Crippen LogP contribution in [0.3, 0.4) is 0 Å². The summed E-state index contributed by atoms with van der Waals surface area (Å²) in [5.74, 6) is -3.08. The third kappa shape index (κ3) is 7.38. The smallest absolute Gasteiger partial charge is 0.304 e. The topological polar surface area (TPSA) is 114 Å². The first-order valence-electron chi connectivity index (χ1n) is 8.46. The fourth-order valence-electron chi connectivity index (χ4n) is 2.87. The van der Waals surface area contributed by atoms with E-state index in [0.29, 0.717) is 0 Å². The average Bonchev–Trinajstić information content (AvgIpc) is 2.49. The molecular formula is C18H26O9. The van der Waals surface area contributed by atoms with Crippen molar-refractivity contribution in [2.45, 2.75) is 65.6 Å². The predicted molar refractivity (Wildman–Crippen MR) is 91.1 cm³/mol. The molecule has 0 saturated carbocycles. The fraction of sp³-hybridized carbons (Fsp3) is 0.667. The Labute approximate surface area is 157 Å². The van der Waals surface area contributed by atoms with E-state index in [4.69, 9.17) is 23.7 Å². The largest absolute Gasteiger partial charge is 0.463 e. The summed E-state index contributed by atoms with van der Waals surface area (Å²) in [5.41, 5.74) is 0.720. The molecule has 0 aromatic heterocycles. The van der Waals surface area contributed by atoms with E-state index in [2.05, 4.69) is 6.58 Å². The van der Waals surface area contributed by atoms with Crippen LogP contribution in [0.2, 0.25) is 0 Å². The summed E-state index contributed by atoms with van der Waals surface area (Å²) in [5, 5.41) is 0. The van der Waals surface area contributed by atoms with Gasteiger partial charge in [0.05, 0.1) is 5.92 Å². The number of hydrogen-bond acceptors (Lipinski definition) is 9. The molecule has 0 N–H and O–H groups in total. The Hall–Kier alpha value is -2.42. The molecule has 0 aliphatic carbocycles. The number of allylic oxidation sites excluding steroid dienone is 1. The van der Waals surface area contributed by atoms with Gasteiger partial charge in [0.1, 0.15) is 12.7 Å². The number of carbonyl (C=O) groups is 4. The summed E-state index contributed by atoms with van der Waals surface area (Å²) in [4.78, 5) is 45.9. The number of rotatable bonds is 7. The van der Waals surface area contributed by atoms with E-state index in [9.17, 15) is 19.2 Å². The monoisotopic (exact) mass is 386 g/mol. The van der Waals surface area contributed by atoms with Crippen LogP contribution in [0.25, 0.3) is 0 Å². The molecule has 0 radical (unpaired) electrons. The minimum Gasteiger partial charge on any atom is -0.463 e. The Morgan fingerprint density at radius 3 is 1.78 bits per heavy atom. The molecule has 1 fully saturated rings. The second-order valence-electron chi connectivity index (χ2n) is 6.43. The van der Waals surface area contributed by atoms with Crippen LogP contribution in [0, 0.1) is 5.92 Å². The predicted octanol–water partition coefficient (Wildman–Crippen LogP) is 1.28. The number of ether oxygens (including phenoxy) is 5. The van der Waals surface area contributed by atoms with Crippen molar-refractivity contribution in [1.82, 2.24) is 0 Å². The standard InChI is InChI=1S/C18H26O9/c1-9(2)7-14-16(24-11(4)20)17(25-12(5)21)15(8-23-10(3)19)27-18(14)26-13(6)22/h14-18H,1,7-8H2,2-6H3/t14-,15-,16-,17+,18-/m1/s1. The Balaban J connectivity index is 3.29. The van der Waals surface area contributed by atoms with E-state index in [0.717, 1.165) is 5.57 Å². The van der Waals surface area contributed by atoms with Crippen LogP contribution in [-0.2, 0) is 42.9 Å². The minimum absolute atomic E-state index is 0.275. The summed E-state index contributed by atoms with van der Waals surface area (Å²) < 4.78 is 26.7. The summed E-state index contributed by atoms with van der Waals surface area (Å²) >= 11 is 0. The molecule has 152 valence electrons. The fourth-order valence-corrected chi connectivity index (χ4v) is 2.87. The van der Waals surface area contributed by atoms with Crippen molar-refractivity contribution in [3.8, 4) is 0 Å². The molecule has 9 heteroatoms. The molecular weight excluding hydrogens is 360 g/mol. The van der Waals surface area contributed by atoms with Crippen molar-refractivity contribution in [2.24, 2.45) is 5.92 Å². The molecule has 1 aliphatic rings. The lowest BCUT2D eigenvalue weighted by Gasteiger charge is -2.44. The van der Waals surface area contributed by atoms with Crippen LogP contribution in [0.15, 0.2) is 12.2 Å². The van der Waals surface area contributed by atoms with Crippen molar-refractivity contribution < 1.29 is 42.9 Å². The summed E-state index contributed by atoms with van der Waals surface area (Å²) in [6.45, 7) is 10.1. The Morgan fingerprint density at radius 2 is 1.33 bits per heavy atom. The first-order valence-corrected chi connectivity index (χ1v) is 8.46. The van der Waals surface area contributed by atoms with Crippen LogP contribution >= 0.6 is 0 Å². The molecule has 0 unspecified atom stereocenters. The van der Waals surface area contributed by atoms with Crippen molar-refractivity contribution >= 4 is 23.9 Å². The van der Waals surface area contributed by atoms with Crippen LogP contribution in [0.1, 0.15) is 41.0 Å². The Morgan fingerprint density at radius 1 is 0.815 bits per heavy atom. The zero-order valence-corrected chi connectivity index (χ0v) is 16.2. The van der Waals surface area contributed by atoms with Gasteiger partial charge in [-0.2, -0.15) is 0 Å². The van der Waals surface area contributed by atoms with Gasteiger partial charge in [-0.1, -0.05) is 5.57 Å². The first kappa shape index (κ1) is 22.6. The van der Waals surface area contributed by atoms with Gasteiger partial charge >= 0.3 is 23.9 Å². The van der Waals surface area contributed by atoms with E-state index >= 15 is 0 Å². The molecule has 27 heavy (non-hydrogen) atoms. The Bertz CT molecular complexity index is 598. The van der Waals surface area contributed by atoms with Crippen LogP contribution in [0.4, 0.5) is 0 Å². The zero-order valence-electron chi connectivity index (χ0n) is 16.2. The minimum atomic E-state index is -1.10. The van der Waals surface area contributed by atoms with Crippen LogP contribution in [0.5, 0.6) is 0 Å². The van der Waals surface area contributed by atoms with E-state index in [1.54, 1.807) is 6.92 Å². The summed E-state index contributed by atoms with van der Waals surface area (Å²) in [7, 11) is 0. The highest BCUT2D eigenvalue weighted by Gasteiger charge is 2.51. The third-order valence-corrected chi connectivity index (χ3v) is 3.69. The lowest BCUT2D eigenvalue weighted by atomic mass is 9.86. The first-order chi connectivity index (χ1) is 12.5. The number of carbonyl (C=O) groups excluding carboxylic acids is 4. The Kier molecular flexibility index (Phi) is 8.42. The summed E-state index contributed by atoms with van der Waals surface area (Å²) in [6.07, 6.45) is -3.85. The van der Waals surface area contributed by atoms with E-state index in [-0.39, 0.29) is 13.0 Å². The highest BCUT2D eigenvalue weighted by molar-refractivity contribution is 5.68. The van der Waals surface area contributed by atoms with Gasteiger partial charge in [-0.15, -0.1) is 6.58 Å². The van der Waals surface area contributed by atoms with Crippen LogP contribution in [-0.4, -0.2) is 55.1 Å². The molecule has 0 spiro atoms. The zero-order chi connectivity index (χ0) is 20.7. The van der Waals surface area contributed by atoms with Gasteiger partial charge in [0, 0.05) is 27.7 Å². The number of hydrogen-bond donors (Lipinski definition) is 0. The average molecular weight is 386 g/mol. The van der Waals surface area contributed by atoms with Crippen LogP contribution < -0.4 is 0 Å². The van der Waals surface area contributed by atoms with Gasteiger partial charge in [-0.05, 0) is 13.3 Å². The maximum atomic E-state index is 11.7. The van der Waals surface area contributed by atoms with E-state index in [1.807, 2.05) is 0 Å². The van der Waals surface area contributed by atoms with Gasteiger partial charge in [-0.25, -0.2) is 0 Å². The maximum Gasteiger partial charge on any atom is 0.304 e. The molecule has 1 aliphatic heterocycles. The van der Waals surface area contributed by atoms with E-state index in [1.165, 1.54) is 27.7 Å². The van der Waals surface area contributed by atoms with Gasteiger partial charge in [0.25, 0.3) is 0 Å². The van der Waals surface area contributed by atoms with Crippen molar-refractivity contribution in [1.29, 1.82) is 0 Å². The molecule has 9 nitrogen and oxygen atoms in total. The molecule has 1 heterocycles. The summed E-state index contributed by atoms with van der Waals surface area (Å²) in [6, 6.07) is 0. The highest BCUT2D eigenvalue weighted by Crippen LogP contribution is 2.35. The number of esters is 4. The second kappa shape index (κ2) is 10.1. The lowest BCUT2D eigenvalue weighted by molar-refractivity contribution is -0.283. The quantitative estimate of drug-likeness (QED) is 0.362. The van der Waals surface area contributed by atoms with Gasteiger partial charge in [0.15, 0.2) is 12.2 Å². The molecule has 1 rings (SSSR count).